The van der Waals surface area contributed by atoms with E-state index in [0.29, 0.717) is 39.7 Å². The van der Waals surface area contributed by atoms with Crippen LogP contribution in [0.2, 0.25) is 15.1 Å². The largest absolute Gasteiger partial charge is 0.339 e. The van der Waals surface area contributed by atoms with Crippen molar-refractivity contribution in [2.24, 2.45) is 0 Å². The second-order valence-corrected chi connectivity index (χ2v) is 5.59. The summed E-state index contributed by atoms with van der Waals surface area (Å²) in [6, 6.07) is 3.65. The molecule has 1 unspecified atom stereocenters. The molecule has 1 heterocycles. The Morgan fingerprint density at radius 3 is 2.65 bits per heavy atom. The summed E-state index contributed by atoms with van der Waals surface area (Å²) in [4.78, 5) is 4.14. The van der Waals surface area contributed by atoms with Crippen molar-refractivity contribution < 1.29 is 4.52 Å². The van der Waals surface area contributed by atoms with Gasteiger partial charge >= 0.3 is 0 Å². The summed E-state index contributed by atoms with van der Waals surface area (Å²) in [6.07, 6.45) is 0.657. The number of hydrogen-bond donors (Lipinski definition) is 1. The first kappa shape index (κ1) is 15.6. The van der Waals surface area contributed by atoms with Crippen LogP contribution in [0.1, 0.15) is 30.2 Å². The third-order valence-corrected chi connectivity index (χ3v) is 4.20. The lowest BCUT2D eigenvalue weighted by Crippen LogP contribution is -2.21. The van der Waals surface area contributed by atoms with Crippen molar-refractivity contribution in [2.75, 3.05) is 6.54 Å². The molecule has 1 atom stereocenters. The molecule has 2 rings (SSSR count). The van der Waals surface area contributed by atoms with Gasteiger partial charge in [0.05, 0.1) is 15.1 Å². The number of nitrogens with zero attached hydrogens (tertiary/aromatic N) is 2. The molecule has 0 aliphatic rings. The highest BCUT2D eigenvalue weighted by atomic mass is 35.5. The lowest BCUT2D eigenvalue weighted by atomic mass is 10.1. The lowest BCUT2D eigenvalue weighted by Gasteiger charge is -2.16. The Morgan fingerprint density at radius 2 is 2.00 bits per heavy atom. The molecule has 0 saturated heterocycles. The summed E-state index contributed by atoms with van der Waals surface area (Å²) in [5.41, 5.74) is 0.905. The first-order chi connectivity index (χ1) is 9.49. The van der Waals surface area contributed by atoms with Crippen LogP contribution in [0.4, 0.5) is 0 Å². The van der Waals surface area contributed by atoms with E-state index in [1.165, 1.54) is 0 Å². The Kier molecular flexibility index (Phi) is 5.27. The number of nitrogens with one attached hydrogen (secondary N) is 1. The topological polar surface area (TPSA) is 51.0 Å². The van der Waals surface area contributed by atoms with Crippen molar-refractivity contribution in [3.63, 3.8) is 0 Å². The molecule has 2 aromatic rings. The van der Waals surface area contributed by atoms with E-state index < -0.39 is 0 Å². The second kappa shape index (κ2) is 6.76. The molecule has 0 spiro atoms. The van der Waals surface area contributed by atoms with Gasteiger partial charge in [0.1, 0.15) is 0 Å². The highest BCUT2D eigenvalue weighted by Crippen LogP contribution is 2.35. The van der Waals surface area contributed by atoms with Gasteiger partial charge in [-0.2, -0.15) is 4.98 Å². The number of aromatic nitrogens is 2. The zero-order chi connectivity index (χ0) is 14.7. The molecular formula is C13H14Cl3N3O. The number of aryl methyl sites for hydroxylation is 1. The van der Waals surface area contributed by atoms with E-state index in [2.05, 4.69) is 15.5 Å². The van der Waals surface area contributed by atoms with Crippen molar-refractivity contribution in [3.8, 4) is 0 Å². The molecule has 1 aromatic carbocycles. The second-order valence-electron chi connectivity index (χ2n) is 4.43. The average molecular weight is 335 g/mol. The molecule has 0 radical (unpaired) electrons. The summed E-state index contributed by atoms with van der Waals surface area (Å²) in [5, 5.41) is 8.38. The van der Waals surface area contributed by atoms with Gasteiger partial charge in [0, 0.05) is 19.0 Å². The molecule has 0 fully saturated rings. The van der Waals surface area contributed by atoms with Crippen molar-refractivity contribution in [3.05, 3.63) is 44.5 Å². The van der Waals surface area contributed by atoms with Crippen molar-refractivity contribution in [2.45, 2.75) is 26.3 Å². The molecule has 0 amide bonds. The fourth-order valence-electron chi connectivity index (χ4n) is 1.82. The predicted octanol–water partition coefficient (Wildman–Crippen LogP) is 4.23. The van der Waals surface area contributed by atoms with Gasteiger partial charge in [0.25, 0.3) is 0 Å². The SMILES string of the molecule is Cc1noc(CCNC(C)c2ccc(Cl)c(Cl)c2Cl)n1. The minimum absolute atomic E-state index is 0.0429. The molecule has 0 aliphatic heterocycles. The fraction of sp³-hybridized carbons (Fsp3) is 0.385. The van der Waals surface area contributed by atoms with Crippen LogP contribution in [-0.4, -0.2) is 16.7 Å². The summed E-state index contributed by atoms with van der Waals surface area (Å²) in [5.74, 6) is 1.25. The van der Waals surface area contributed by atoms with Crippen molar-refractivity contribution in [1.82, 2.24) is 15.5 Å². The van der Waals surface area contributed by atoms with Crippen LogP contribution in [0.25, 0.3) is 0 Å². The Balaban J connectivity index is 1.95. The van der Waals surface area contributed by atoms with Crippen LogP contribution in [-0.2, 0) is 6.42 Å². The van der Waals surface area contributed by atoms with E-state index in [9.17, 15) is 0 Å². The van der Waals surface area contributed by atoms with Crippen LogP contribution in [0, 0.1) is 6.92 Å². The van der Waals surface area contributed by atoms with Gasteiger partial charge in [-0.3, -0.25) is 0 Å². The summed E-state index contributed by atoms with van der Waals surface area (Å²) in [7, 11) is 0. The van der Waals surface area contributed by atoms with Gasteiger partial charge in [-0.25, -0.2) is 0 Å². The fourth-order valence-corrected chi connectivity index (χ4v) is 2.53. The van der Waals surface area contributed by atoms with E-state index in [-0.39, 0.29) is 6.04 Å². The highest BCUT2D eigenvalue weighted by molar-refractivity contribution is 6.48. The van der Waals surface area contributed by atoms with Crippen LogP contribution < -0.4 is 5.32 Å². The molecule has 1 aromatic heterocycles. The smallest absolute Gasteiger partial charge is 0.227 e. The zero-order valence-electron chi connectivity index (χ0n) is 11.1. The third kappa shape index (κ3) is 3.64. The van der Waals surface area contributed by atoms with Crippen LogP contribution in [0.3, 0.4) is 0 Å². The number of hydrogen-bond acceptors (Lipinski definition) is 4. The number of halogens is 3. The van der Waals surface area contributed by atoms with Crippen LogP contribution >= 0.6 is 34.8 Å². The molecule has 0 bridgehead atoms. The Bertz CT molecular complexity index is 601. The minimum atomic E-state index is 0.0429. The van der Waals surface area contributed by atoms with Crippen LogP contribution in [0.5, 0.6) is 0 Å². The first-order valence-corrected chi connectivity index (χ1v) is 7.28. The van der Waals surface area contributed by atoms with Gasteiger partial charge in [0.15, 0.2) is 5.82 Å². The van der Waals surface area contributed by atoms with E-state index >= 15 is 0 Å². The van der Waals surface area contributed by atoms with E-state index in [0.717, 1.165) is 5.56 Å². The number of rotatable bonds is 5. The van der Waals surface area contributed by atoms with E-state index in [1.807, 2.05) is 13.0 Å². The molecule has 0 saturated carbocycles. The first-order valence-electron chi connectivity index (χ1n) is 6.15. The molecule has 0 aliphatic carbocycles. The maximum absolute atomic E-state index is 6.20. The minimum Gasteiger partial charge on any atom is -0.339 e. The summed E-state index contributed by atoms with van der Waals surface area (Å²) in [6.45, 7) is 4.49. The molecule has 7 heteroatoms. The lowest BCUT2D eigenvalue weighted by molar-refractivity contribution is 0.370. The normalized spacial score (nSPS) is 12.7. The standard InChI is InChI=1S/C13H14Cl3N3O/c1-7(9-3-4-10(14)13(16)12(9)15)17-6-5-11-18-8(2)19-20-11/h3-4,7,17H,5-6H2,1-2H3. The van der Waals surface area contributed by atoms with E-state index in [4.69, 9.17) is 39.3 Å². The Hall–Kier alpha value is -0.810. The van der Waals surface area contributed by atoms with Gasteiger partial charge in [0.2, 0.25) is 5.89 Å². The summed E-state index contributed by atoms with van der Waals surface area (Å²) < 4.78 is 5.04. The molecule has 20 heavy (non-hydrogen) atoms. The monoisotopic (exact) mass is 333 g/mol. The van der Waals surface area contributed by atoms with Gasteiger partial charge in [-0.1, -0.05) is 46.0 Å². The van der Waals surface area contributed by atoms with Crippen molar-refractivity contribution in [1.29, 1.82) is 0 Å². The maximum Gasteiger partial charge on any atom is 0.227 e. The van der Waals surface area contributed by atoms with Gasteiger partial charge in [-0.15, -0.1) is 0 Å². The number of benzene rings is 1. The van der Waals surface area contributed by atoms with Crippen LogP contribution in [0.15, 0.2) is 16.7 Å². The highest BCUT2D eigenvalue weighted by Gasteiger charge is 2.14. The zero-order valence-corrected chi connectivity index (χ0v) is 13.4. The summed E-state index contributed by atoms with van der Waals surface area (Å²) >= 11 is 18.1. The van der Waals surface area contributed by atoms with E-state index in [1.54, 1.807) is 13.0 Å². The van der Waals surface area contributed by atoms with Gasteiger partial charge < -0.3 is 9.84 Å². The predicted molar refractivity (Wildman–Crippen MR) is 80.6 cm³/mol. The molecule has 1 N–H and O–H groups in total. The average Bonchev–Trinajstić information content (AvgIpc) is 2.82. The quantitative estimate of drug-likeness (QED) is 0.831. The van der Waals surface area contributed by atoms with Crippen molar-refractivity contribution >= 4 is 34.8 Å². The Labute approximate surface area is 132 Å². The van der Waals surface area contributed by atoms with Gasteiger partial charge in [-0.05, 0) is 25.5 Å². The molecule has 108 valence electrons. The molecular weight excluding hydrogens is 321 g/mol. The maximum atomic E-state index is 6.20. The Morgan fingerprint density at radius 1 is 1.25 bits per heavy atom. The molecule has 4 nitrogen and oxygen atoms in total. The third-order valence-electron chi connectivity index (χ3n) is 2.89.